The minimum Gasteiger partial charge on any atom is -0.491 e. The van der Waals surface area contributed by atoms with Crippen molar-refractivity contribution in [2.24, 2.45) is 4.99 Å². The van der Waals surface area contributed by atoms with Crippen molar-refractivity contribution >= 4 is 11.6 Å². The van der Waals surface area contributed by atoms with Crippen LogP contribution in [-0.2, 0) is 18.9 Å². The van der Waals surface area contributed by atoms with Gasteiger partial charge in [0.1, 0.15) is 5.75 Å². The molecule has 0 unspecified atom stereocenters. The number of hydrogen-bond acceptors (Lipinski definition) is 6. The molecule has 1 aromatic carbocycles. The van der Waals surface area contributed by atoms with E-state index in [1.807, 2.05) is 38.1 Å². The monoisotopic (exact) mass is 411 g/mol. The van der Waals surface area contributed by atoms with Crippen LogP contribution >= 0.6 is 0 Å². The lowest BCUT2D eigenvalue weighted by Gasteiger charge is -2.14. The van der Waals surface area contributed by atoms with Gasteiger partial charge in [-0.25, -0.2) is 0 Å². The highest BCUT2D eigenvalue weighted by atomic mass is 16.5. The van der Waals surface area contributed by atoms with Gasteiger partial charge in [-0.2, -0.15) is 0 Å². The molecule has 0 bridgehead atoms. The number of rotatable bonds is 16. The fraction of sp³-hybridized carbons (Fsp3) is 0.667. The summed E-state index contributed by atoms with van der Waals surface area (Å²) >= 11 is 0. The van der Waals surface area contributed by atoms with Gasteiger partial charge in [-0.15, -0.1) is 0 Å². The molecule has 0 aliphatic heterocycles. The van der Waals surface area contributed by atoms with Crippen LogP contribution in [-0.4, -0.2) is 79.0 Å². The SMILES string of the molecule is COCCOCCCN=C(NCCOCCOC)Nc1ccc(OC(C)C)cc1. The molecule has 8 nitrogen and oxygen atoms in total. The molecular formula is C21H37N3O5. The van der Waals surface area contributed by atoms with Gasteiger partial charge in [-0.3, -0.25) is 4.99 Å². The number of hydrogen-bond donors (Lipinski definition) is 2. The first-order valence-electron chi connectivity index (χ1n) is 10.1. The molecule has 0 spiro atoms. The Labute approximate surface area is 174 Å². The molecule has 0 heterocycles. The maximum Gasteiger partial charge on any atom is 0.195 e. The van der Waals surface area contributed by atoms with Gasteiger partial charge in [-0.1, -0.05) is 0 Å². The summed E-state index contributed by atoms with van der Waals surface area (Å²) in [7, 11) is 3.32. The van der Waals surface area contributed by atoms with Crippen LogP contribution in [0.2, 0.25) is 0 Å². The molecule has 0 aliphatic carbocycles. The van der Waals surface area contributed by atoms with E-state index in [1.54, 1.807) is 14.2 Å². The smallest absolute Gasteiger partial charge is 0.195 e. The van der Waals surface area contributed by atoms with Crippen LogP contribution in [0.25, 0.3) is 0 Å². The lowest BCUT2D eigenvalue weighted by Crippen LogP contribution is -2.34. The Morgan fingerprint density at radius 2 is 1.55 bits per heavy atom. The average molecular weight is 412 g/mol. The van der Waals surface area contributed by atoms with E-state index in [0.29, 0.717) is 58.7 Å². The van der Waals surface area contributed by atoms with Crippen LogP contribution < -0.4 is 15.4 Å². The Hall–Kier alpha value is -1.87. The zero-order valence-electron chi connectivity index (χ0n) is 18.2. The van der Waals surface area contributed by atoms with Crippen molar-refractivity contribution in [3.05, 3.63) is 24.3 Å². The topological polar surface area (TPSA) is 82.6 Å². The number of aliphatic imine (C=N–C) groups is 1. The molecule has 0 atom stereocenters. The summed E-state index contributed by atoms with van der Waals surface area (Å²) in [4.78, 5) is 4.61. The van der Waals surface area contributed by atoms with Gasteiger partial charge in [0, 0.05) is 39.6 Å². The number of benzene rings is 1. The van der Waals surface area contributed by atoms with Crippen LogP contribution in [0.15, 0.2) is 29.3 Å². The van der Waals surface area contributed by atoms with Gasteiger partial charge in [-0.05, 0) is 44.5 Å². The predicted octanol–water partition coefficient (Wildman–Crippen LogP) is 2.55. The number of nitrogens with zero attached hydrogens (tertiary/aromatic N) is 1. The fourth-order valence-electron chi connectivity index (χ4n) is 2.25. The summed E-state index contributed by atoms with van der Waals surface area (Å²) in [5, 5.41) is 6.60. The van der Waals surface area contributed by atoms with E-state index in [9.17, 15) is 0 Å². The Bertz CT molecular complexity index is 538. The molecule has 29 heavy (non-hydrogen) atoms. The summed E-state index contributed by atoms with van der Waals surface area (Å²) in [5.74, 6) is 1.55. The molecule has 0 fully saturated rings. The highest BCUT2D eigenvalue weighted by Gasteiger charge is 2.02. The maximum absolute atomic E-state index is 5.68. The van der Waals surface area contributed by atoms with Crippen LogP contribution in [0.4, 0.5) is 5.69 Å². The quantitative estimate of drug-likeness (QED) is 0.246. The number of methoxy groups -OCH3 is 2. The van der Waals surface area contributed by atoms with Gasteiger partial charge in [0.25, 0.3) is 0 Å². The molecule has 0 saturated heterocycles. The first kappa shape index (κ1) is 25.2. The molecule has 0 radical (unpaired) electrons. The minimum absolute atomic E-state index is 0.150. The van der Waals surface area contributed by atoms with Crippen molar-refractivity contribution in [2.75, 3.05) is 72.3 Å². The highest BCUT2D eigenvalue weighted by molar-refractivity contribution is 5.93. The zero-order chi connectivity index (χ0) is 21.2. The van der Waals surface area contributed by atoms with Crippen molar-refractivity contribution in [3.63, 3.8) is 0 Å². The third-order valence-electron chi connectivity index (χ3n) is 3.61. The van der Waals surface area contributed by atoms with Gasteiger partial charge in [0.15, 0.2) is 5.96 Å². The van der Waals surface area contributed by atoms with E-state index < -0.39 is 0 Å². The summed E-state index contributed by atoms with van der Waals surface area (Å²) in [6.45, 7) is 8.93. The summed E-state index contributed by atoms with van der Waals surface area (Å²) < 4.78 is 26.6. The Morgan fingerprint density at radius 3 is 2.17 bits per heavy atom. The van der Waals surface area contributed by atoms with Gasteiger partial charge >= 0.3 is 0 Å². The molecule has 0 amide bonds. The highest BCUT2D eigenvalue weighted by Crippen LogP contribution is 2.16. The predicted molar refractivity (Wildman–Crippen MR) is 116 cm³/mol. The third kappa shape index (κ3) is 13.9. The molecule has 0 aromatic heterocycles. The van der Waals surface area contributed by atoms with Gasteiger partial charge < -0.3 is 34.3 Å². The maximum atomic E-state index is 5.68. The van der Waals surface area contributed by atoms with Gasteiger partial charge in [0.2, 0.25) is 0 Å². The summed E-state index contributed by atoms with van der Waals surface area (Å²) in [6.07, 6.45) is 0.985. The lowest BCUT2D eigenvalue weighted by molar-refractivity contribution is 0.0702. The van der Waals surface area contributed by atoms with Crippen molar-refractivity contribution in [1.82, 2.24) is 5.32 Å². The van der Waals surface area contributed by atoms with Crippen LogP contribution in [0, 0.1) is 0 Å². The van der Waals surface area contributed by atoms with Crippen LogP contribution in [0.3, 0.4) is 0 Å². The van der Waals surface area contributed by atoms with E-state index >= 15 is 0 Å². The van der Waals surface area contributed by atoms with E-state index in [4.69, 9.17) is 23.7 Å². The van der Waals surface area contributed by atoms with E-state index in [1.165, 1.54) is 0 Å². The van der Waals surface area contributed by atoms with E-state index in [0.717, 1.165) is 17.9 Å². The summed E-state index contributed by atoms with van der Waals surface area (Å²) in [5.41, 5.74) is 0.934. The Kier molecular flexibility index (Phi) is 14.8. The number of nitrogens with one attached hydrogen (secondary N) is 2. The average Bonchev–Trinajstić information content (AvgIpc) is 2.70. The molecule has 8 heteroatoms. The molecule has 0 aliphatic rings. The van der Waals surface area contributed by atoms with Crippen LogP contribution in [0.5, 0.6) is 5.75 Å². The second kappa shape index (κ2) is 17.0. The summed E-state index contributed by atoms with van der Waals surface area (Å²) in [6, 6.07) is 7.82. The first-order valence-corrected chi connectivity index (χ1v) is 10.1. The standard InChI is InChI=1S/C21H37N3O5/c1-18(2)29-20-8-6-19(7-9-20)24-21(23-11-13-28-17-15-26-4)22-10-5-12-27-16-14-25-3/h6-9,18H,5,10-17H2,1-4H3,(H2,22,23,24). The van der Waals surface area contributed by atoms with Crippen LogP contribution in [0.1, 0.15) is 20.3 Å². The Balaban J connectivity index is 2.48. The second-order valence-electron chi connectivity index (χ2n) is 6.54. The molecular weight excluding hydrogens is 374 g/mol. The third-order valence-corrected chi connectivity index (χ3v) is 3.61. The molecule has 166 valence electrons. The zero-order valence-corrected chi connectivity index (χ0v) is 18.2. The first-order chi connectivity index (χ1) is 14.2. The lowest BCUT2D eigenvalue weighted by atomic mass is 10.3. The van der Waals surface area contributed by atoms with Gasteiger partial charge in [0.05, 0.1) is 39.1 Å². The van der Waals surface area contributed by atoms with E-state index in [-0.39, 0.29) is 6.10 Å². The molecule has 1 aromatic rings. The number of guanidine groups is 1. The Morgan fingerprint density at radius 1 is 0.897 bits per heavy atom. The van der Waals surface area contributed by atoms with Crippen molar-refractivity contribution < 1.29 is 23.7 Å². The molecule has 1 rings (SSSR count). The minimum atomic E-state index is 0.150. The van der Waals surface area contributed by atoms with Crippen molar-refractivity contribution in [3.8, 4) is 5.75 Å². The second-order valence-corrected chi connectivity index (χ2v) is 6.54. The molecule has 0 saturated carbocycles. The van der Waals surface area contributed by atoms with Crippen molar-refractivity contribution in [2.45, 2.75) is 26.4 Å². The number of ether oxygens (including phenoxy) is 5. The normalized spacial score (nSPS) is 11.7. The number of anilines is 1. The largest absolute Gasteiger partial charge is 0.491 e. The molecule has 2 N–H and O–H groups in total. The fourth-order valence-corrected chi connectivity index (χ4v) is 2.25. The van der Waals surface area contributed by atoms with Crippen molar-refractivity contribution in [1.29, 1.82) is 0 Å². The van der Waals surface area contributed by atoms with E-state index in [2.05, 4.69) is 15.6 Å².